The molecule has 2 aromatic rings. The van der Waals surface area contributed by atoms with E-state index in [0.717, 1.165) is 17.0 Å². The molecular formula is C32H42BrFN4O5. The van der Waals surface area contributed by atoms with Gasteiger partial charge in [0, 0.05) is 50.3 Å². The molecular weight excluding hydrogens is 619 g/mol. The topological polar surface area (TPSA) is 83.9 Å². The Balaban J connectivity index is 1.68. The molecule has 0 atom stereocenters. The number of hydrogen-bond donors (Lipinski definition) is 0. The molecule has 0 saturated carbocycles. The van der Waals surface area contributed by atoms with Crippen molar-refractivity contribution in [2.75, 3.05) is 57.9 Å². The van der Waals surface area contributed by atoms with E-state index in [1.807, 2.05) is 30.9 Å². The zero-order valence-corrected chi connectivity index (χ0v) is 27.8. The number of fused-ring (bicyclic) bond motifs is 1. The zero-order chi connectivity index (χ0) is 31.5. The zero-order valence-electron chi connectivity index (χ0n) is 26.2. The summed E-state index contributed by atoms with van der Waals surface area (Å²) < 4.78 is 37.2. The summed E-state index contributed by atoms with van der Waals surface area (Å²) in [5.41, 5.74) is 2.92. The number of anilines is 1. The quantitative estimate of drug-likeness (QED) is 0.301. The van der Waals surface area contributed by atoms with Gasteiger partial charge in [-0.05, 0) is 43.0 Å². The first-order valence-corrected chi connectivity index (χ1v) is 15.5. The number of Topliss-reactive ketones (excluding diaryl/α,β-unsaturated/α-hetero) is 1. The van der Waals surface area contributed by atoms with Crippen LogP contribution in [-0.2, 0) is 16.8 Å². The number of hydrogen-bond acceptors (Lipinski definition) is 7. The monoisotopic (exact) mass is 660 g/mol. The van der Waals surface area contributed by atoms with Crippen LogP contribution in [0.5, 0.6) is 17.2 Å². The molecule has 0 aromatic heterocycles. The third kappa shape index (κ3) is 6.61. The van der Waals surface area contributed by atoms with E-state index in [4.69, 9.17) is 14.2 Å². The Morgan fingerprint density at radius 2 is 1.67 bits per heavy atom. The molecule has 1 saturated heterocycles. The van der Waals surface area contributed by atoms with Crippen LogP contribution in [0.3, 0.4) is 0 Å². The van der Waals surface area contributed by atoms with Crippen LogP contribution in [0.15, 0.2) is 22.2 Å². The second kappa shape index (κ2) is 13.5. The van der Waals surface area contributed by atoms with Gasteiger partial charge in [0.05, 0.1) is 54.3 Å². The van der Waals surface area contributed by atoms with E-state index in [9.17, 15) is 9.59 Å². The summed E-state index contributed by atoms with van der Waals surface area (Å²) in [5, 5.41) is 0. The van der Waals surface area contributed by atoms with Crippen molar-refractivity contribution in [3.05, 3.63) is 46.3 Å². The summed E-state index contributed by atoms with van der Waals surface area (Å²) in [5.74, 6) is 0.874. The van der Waals surface area contributed by atoms with Gasteiger partial charge in [0.2, 0.25) is 5.91 Å². The first kappa shape index (κ1) is 32.6. The lowest BCUT2D eigenvalue weighted by molar-refractivity contribution is -0.131. The summed E-state index contributed by atoms with van der Waals surface area (Å²) in [6.07, 6.45) is 0.478. The number of ketones is 1. The first-order valence-electron chi connectivity index (χ1n) is 14.8. The fourth-order valence-corrected chi connectivity index (χ4v) is 6.10. The van der Waals surface area contributed by atoms with E-state index in [1.54, 1.807) is 25.0 Å². The van der Waals surface area contributed by atoms with Crippen molar-refractivity contribution in [1.29, 1.82) is 0 Å². The summed E-state index contributed by atoms with van der Waals surface area (Å²) >= 11 is 3.17. The fourth-order valence-electron chi connectivity index (χ4n) is 5.70. The number of nitrogens with zero attached hydrogens (tertiary/aromatic N) is 4. The number of benzene rings is 2. The molecule has 2 aliphatic rings. The van der Waals surface area contributed by atoms with Crippen molar-refractivity contribution in [2.45, 2.75) is 59.9 Å². The van der Waals surface area contributed by atoms with Gasteiger partial charge in [-0.3, -0.25) is 9.59 Å². The number of rotatable bonds is 10. The normalized spacial score (nSPS) is 16.0. The fraction of sp³-hybridized carbons (Fsp3) is 0.531. The van der Waals surface area contributed by atoms with Crippen LogP contribution in [0.2, 0.25) is 0 Å². The molecule has 2 aliphatic heterocycles. The number of ether oxygens (including phenoxy) is 3. The number of halogens is 2. The number of methoxy groups -OCH3 is 1. The van der Waals surface area contributed by atoms with Gasteiger partial charge in [-0.15, -0.1) is 0 Å². The minimum Gasteiger partial charge on any atom is -0.494 e. The molecule has 0 radical (unpaired) electrons. The summed E-state index contributed by atoms with van der Waals surface area (Å²) in [4.78, 5) is 32.0. The average Bonchev–Trinajstić information content (AvgIpc) is 3.34. The van der Waals surface area contributed by atoms with E-state index in [2.05, 4.69) is 45.8 Å². The van der Waals surface area contributed by atoms with Gasteiger partial charge in [-0.2, -0.15) is 4.02 Å². The standard InChI is InChI=1S/C32H42BrFN4O5/c1-8-26(40)37-13-11-36(12-14-37)23-16-20(15-22(29(23)41-7)32(4,5)6)24(39)19-38-18-21-17-25(42-9-2)30(43-10-3)28(34)27(21)31(38)35-33/h15-17H,8-14,18-19H2,1-7H3/b35-31-. The number of carbonyl (C=O) groups excluding carboxylic acids is 2. The van der Waals surface area contributed by atoms with Crippen LogP contribution < -0.4 is 19.1 Å². The molecule has 0 spiro atoms. The summed E-state index contributed by atoms with van der Waals surface area (Å²) in [6.45, 7) is 15.1. The Kier molecular flexibility index (Phi) is 10.2. The Morgan fingerprint density at radius 1 is 1.00 bits per heavy atom. The minimum atomic E-state index is -0.557. The van der Waals surface area contributed by atoms with Crippen molar-refractivity contribution in [3.8, 4) is 17.2 Å². The molecule has 1 fully saturated rings. The number of piperazine rings is 1. The molecule has 11 heteroatoms. The third-order valence-corrected chi connectivity index (χ3v) is 8.17. The largest absolute Gasteiger partial charge is 0.494 e. The molecule has 43 heavy (non-hydrogen) atoms. The maximum atomic E-state index is 15.8. The molecule has 9 nitrogen and oxygen atoms in total. The number of amides is 1. The van der Waals surface area contributed by atoms with E-state index in [0.29, 0.717) is 67.5 Å². The van der Waals surface area contributed by atoms with Crippen molar-refractivity contribution in [3.63, 3.8) is 0 Å². The van der Waals surface area contributed by atoms with Crippen LogP contribution in [0, 0.1) is 5.82 Å². The number of amidine groups is 1. The van der Waals surface area contributed by atoms with Gasteiger partial charge in [-0.25, -0.2) is 4.39 Å². The molecule has 0 bridgehead atoms. The molecule has 0 aliphatic carbocycles. The van der Waals surface area contributed by atoms with Gasteiger partial charge < -0.3 is 28.9 Å². The summed E-state index contributed by atoms with van der Waals surface area (Å²) in [6, 6.07) is 5.54. The van der Waals surface area contributed by atoms with E-state index >= 15 is 4.39 Å². The molecule has 2 heterocycles. The molecule has 1 amide bonds. The molecule has 234 valence electrons. The third-order valence-electron chi connectivity index (χ3n) is 7.84. The highest BCUT2D eigenvalue weighted by Crippen LogP contribution is 2.42. The lowest BCUT2D eigenvalue weighted by atomic mass is 9.84. The van der Waals surface area contributed by atoms with E-state index in [1.165, 1.54) is 0 Å². The van der Waals surface area contributed by atoms with Gasteiger partial charge in [0.15, 0.2) is 23.1 Å². The predicted molar refractivity (Wildman–Crippen MR) is 170 cm³/mol. The molecule has 4 rings (SSSR count). The Hall–Kier alpha value is -3.34. The lowest BCUT2D eigenvalue weighted by Gasteiger charge is -2.38. The van der Waals surface area contributed by atoms with Crippen LogP contribution in [-0.4, -0.2) is 80.4 Å². The Bertz CT molecular complexity index is 1400. The highest BCUT2D eigenvalue weighted by molar-refractivity contribution is 9.08. The summed E-state index contributed by atoms with van der Waals surface area (Å²) in [7, 11) is 1.65. The van der Waals surface area contributed by atoms with Crippen LogP contribution in [0.4, 0.5) is 10.1 Å². The highest BCUT2D eigenvalue weighted by atomic mass is 79.9. The Labute approximate surface area is 262 Å². The SMILES string of the molecule is CCOc1cc2c(c(F)c1OCC)/C(=N/Br)N(CC(=O)c1cc(N3CCN(C(=O)CC)CC3)c(OC)c(C(C)(C)C)c1)C2. The first-order chi connectivity index (χ1) is 20.5. The maximum absolute atomic E-state index is 15.8. The van der Waals surface area contributed by atoms with Crippen LogP contribution in [0.1, 0.15) is 75.0 Å². The second-order valence-corrected chi connectivity index (χ2v) is 12.0. The van der Waals surface area contributed by atoms with Crippen LogP contribution in [0.25, 0.3) is 0 Å². The molecule has 2 aromatic carbocycles. The van der Waals surface area contributed by atoms with Crippen molar-refractivity contribution < 1.29 is 28.2 Å². The smallest absolute Gasteiger partial charge is 0.222 e. The molecule has 0 unspecified atom stereocenters. The lowest BCUT2D eigenvalue weighted by Crippen LogP contribution is -2.48. The number of carbonyl (C=O) groups is 2. The van der Waals surface area contributed by atoms with Gasteiger partial charge in [0.25, 0.3) is 0 Å². The maximum Gasteiger partial charge on any atom is 0.222 e. The van der Waals surface area contributed by atoms with E-state index in [-0.39, 0.29) is 42.6 Å². The van der Waals surface area contributed by atoms with Gasteiger partial charge >= 0.3 is 0 Å². The van der Waals surface area contributed by atoms with E-state index < -0.39 is 5.82 Å². The second-order valence-electron chi connectivity index (χ2n) is 11.7. The van der Waals surface area contributed by atoms with Crippen LogP contribution >= 0.6 is 16.1 Å². The van der Waals surface area contributed by atoms with Crippen molar-refractivity contribution in [1.82, 2.24) is 9.80 Å². The predicted octanol–water partition coefficient (Wildman–Crippen LogP) is 5.74. The van der Waals surface area contributed by atoms with Crippen molar-refractivity contribution in [2.24, 2.45) is 4.02 Å². The Morgan fingerprint density at radius 3 is 2.23 bits per heavy atom. The average molecular weight is 662 g/mol. The molecule has 0 N–H and O–H groups in total. The van der Waals surface area contributed by atoms with Gasteiger partial charge in [0.1, 0.15) is 11.6 Å². The highest BCUT2D eigenvalue weighted by Gasteiger charge is 2.35. The minimum absolute atomic E-state index is 0.0133. The van der Waals surface area contributed by atoms with Crippen molar-refractivity contribution >= 4 is 39.4 Å². The van der Waals surface area contributed by atoms with Gasteiger partial charge in [-0.1, -0.05) is 27.7 Å².